The Morgan fingerprint density at radius 2 is 2.03 bits per heavy atom. The maximum Gasteiger partial charge on any atom is 0.223 e. The molecule has 6 nitrogen and oxygen atoms in total. The first kappa shape index (κ1) is 21.0. The molecule has 32 heavy (non-hydrogen) atoms. The number of rotatable bonds is 7. The topological polar surface area (TPSA) is 63.1 Å². The second-order valence-corrected chi connectivity index (χ2v) is 8.84. The molecule has 168 valence electrons. The number of hydrogen-bond acceptors (Lipinski definition) is 4. The number of fused-ring (bicyclic) bond motifs is 1. The minimum Gasteiger partial charge on any atom is -0.354 e. The number of carbonyl (C=O) groups excluding carboxylic acids is 1. The highest BCUT2D eigenvalue weighted by molar-refractivity contribution is 5.81. The number of nitrogens with zero attached hydrogens (tertiary/aromatic N) is 4. The number of amides is 1. The molecule has 2 aliphatic rings. The standard InChI is InChI=1S/C24H27F2N5O/c25-20-7-1-4-17(21(20)26)14-30-12-3-5-18(15-30)22-19-6-2-10-27-23(19)31(29-22)13-11-28-24(32)16-8-9-16/h1-2,4,6-7,10,16,18H,3,5,8-9,11-15H2,(H,28,32)/t18-/m0/s1. The summed E-state index contributed by atoms with van der Waals surface area (Å²) >= 11 is 0. The molecule has 1 aliphatic carbocycles. The van der Waals surface area contributed by atoms with Gasteiger partial charge in [0.2, 0.25) is 5.91 Å². The highest BCUT2D eigenvalue weighted by atomic mass is 19.2. The number of piperidine rings is 1. The van der Waals surface area contributed by atoms with Gasteiger partial charge in [0.1, 0.15) is 0 Å². The molecule has 1 saturated heterocycles. The van der Waals surface area contributed by atoms with Crippen molar-refractivity contribution in [3.05, 3.63) is 59.4 Å². The number of halogens is 2. The van der Waals surface area contributed by atoms with Crippen molar-refractivity contribution in [3.63, 3.8) is 0 Å². The van der Waals surface area contributed by atoms with Crippen LogP contribution in [-0.4, -0.2) is 45.2 Å². The van der Waals surface area contributed by atoms with E-state index < -0.39 is 11.6 Å². The summed E-state index contributed by atoms with van der Waals surface area (Å²) in [6, 6.07) is 8.30. The average molecular weight is 440 g/mol. The van der Waals surface area contributed by atoms with E-state index in [0.29, 0.717) is 25.2 Å². The van der Waals surface area contributed by atoms with Gasteiger partial charge < -0.3 is 5.32 Å². The van der Waals surface area contributed by atoms with Gasteiger partial charge in [0.25, 0.3) is 0 Å². The lowest BCUT2D eigenvalue weighted by Crippen LogP contribution is -2.34. The van der Waals surface area contributed by atoms with E-state index in [2.05, 4.69) is 15.2 Å². The average Bonchev–Trinajstić information content (AvgIpc) is 3.59. The molecular weight excluding hydrogens is 412 g/mol. The van der Waals surface area contributed by atoms with Gasteiger partial charge in [0.05, 0.1) is 12.2 Å². The molecule has 2 fully saturated rings. The molecule has 8 heteroatoms. The van der Waals surface area contributed by atoms with E-state index in [0.717, 1.165) is 61.6 Å². The van der Waals surface area contributed by atoms with Crippen LogP contribution in [0.1, 0.15) is 42.9 Å². The van der Waals surface area contributed by atoms with Crippen LogP contribution in [0.5, 0.6) is 0 Å². The summed E-state index contributed by atoms with van der Waals surface area (Å²) in [5.74, 6) is -1.06. The zero-order valence-corrected chi connectivity index (χ0v) is 17.9. The van der Waals surface area contributed by atoms with E-state index in [1.165, 1.54) is 0 Å². The van der Waals surface area contributed by atoms with Crippen LogP contribution in [0.3, 0.4) is 0 Å². The van der Waals surface area contributed by atoms with E-state index in [1.807, 2.05) is 16.8 Å². The Balaban J connectivity index is 1.32. The fourth-order valence-electron chi connectivity index (χ4n) is 4.60. The van der Waals surface area contributed by atoms with Crippen molar-refractivity contribution in [2.24, 2.45) is 5.92 Å². The molecule has 5 rings (SSSR count). The van der Waals surface area contributed by atoms with Gasteiger partial charge in [-0.3, -0.25) is 9.69 Å². The molecule has 0 bridgehead atoms. The van der Waals surface area contributed by atoms with Crippen LogP contribution in [0.25, 0.3) is 11.0 Å². The SMILES string of the molecule is O=C(NCCn1nc([C@H]2CCCN(Cc3cccc(F)c3F)C2)c2cccnc21)C1CC1. The van der Waals surface area contributed by atoms with Crippen LogP contribution >= 0.6 is 0 Å². The molecule has 1 aliphatic heterocycles. The first-order valence-electron chi connectivity index (χ1n) is 11.3. The fraction of sp³-hybridized carbons (Fsp3) is 0.458. The lowest BCUT2D eigenvalue weighted by molar-refractivity contribution is -0.122. The van der Waals surface area contributed by atoms with E-state index in [9.17, 15) is 13.6 Å². The molecule has 0 radical (unpaired) electrons. The first-order chi connectivity index (χ1) is 15.6. The highest BCUT2D eigenvalue weighted by Gasteiger charge is 2.29. The summed E-state index contributed by atoms with van der Waals surface area (Å²) in [6.07, 6.45) is 5.68. The smallest absolute Gasteiger partial charge is 0.223 e. The number of aromatic nitrogens is 3. The van der Waals surface area contributed by atoms with Gasteiger partial charge >= 0.3 is 0 Å². The number of likely N-dealkylation sites (tertiary alicyclic amines) is 1. The van der Waals surface area contributed by atoms with Gasteiger partial charge in [-0.2, -0.15) is 5.10 Å². The highest BCUT2D eigenvalue weighted by Crippen LogP contribution is 2.32. The summed E-state index contributed by atoms with van der Waals surface area (Å²) in [7, 11) is 0. The third-order valence-electron chi connectivity index (χ3n) is 6.42. The maximum atomic E-state index is 14.2. The third kappa shape index (κ3) is 4.37. The Morgan fingerprint density at radius 1 is 1.16 bits per heavy atom. The zero-order valence-electron chi connectivity index (χ0n) is 17.9. The lowest BCUT2D eigenvalue weighted by Gasteiger charge is -2.32. The summed E-state index contributed by atoms with van der Waals surface area (Å²) in [5, 5.41) is 8.89. The van der Waals surface area contributed by atoms with Crippen molar-refractivity contribution in [2.75, 3.05) is 19.6 Å². The summed E-state index contributed by atoms with van der Waals surface area (Å²) in [4.78, 5) is 18.6. The van der Waals surface area contributed by atoms with Crippen molar-refractivity contribution in [3.8, 4) is 0 Å². The van der Waals surface area contributed by atoms with Gasteiger partial charge in [-0.1, -0.05) is 12.1 Å². The second kappa shape index (κ2) is 8.94. The minimum absolute atomic E-state index is 0.127. The zero-order chi connectivity index (χ0) is 22.1. The number of nitrogens with one attached hydrogen (secondary N) is 1. The number of hydrogen-bond donors (Lipinski definition) is 1. The normalized spacial score (nSPS) is 19.4. The molecule has 1 atom stereocenters. The van der Waals surface area contributed by atoms with E-state index in [4.69, 9.17) is 5.10 Å². The molecule has 0 unspecified atom stereocenters. The number of carbonyl (C=O) groups is 1. The Morgan fingerprint density at radius 3 is 2.88 bits per heavy atom. The maximum absolute atomic E-state index is 14.2. The van der Waals surface area contributed by atoms with Crippen molar-refractivity contribution in [2.45, 2.75) is 44.7 Å². The van der Waals surface area contributed by atoms with Crippen molar-refractivity contribution in [1.29, 1.82) is 0 Å². The predicted octanol–water partition coefficient (Wildman–Crippen LogP) is 3.62. The van der Waals surface area contributed by atoms with Crippen LogP contribution in [0.15, 0.2) is 36.5 Å². The largest absolute Gasteiger partial charge is 0.354 e. The van der Waals surface area contributed by atoms with Gasteiger partial charge in [-0.05, 0) is 50.4 Å². The molecule has 3 aromatic rings. The van der Waals surface area contributed by atoms with Crippen LogP contribution in [-0.2, 0) is 17.9 Å². The first-order valence-corrected chi connectivity index (χ1v) is 11.3. The monoisotopic (exact) mass is 439 g/mol. The van der Waals surface area contributed by atoms with Crippen molar-refractivity contribution < 1.29 is 13.6 Å². The molecule has 3 heterocycles. The van der Waals surface area contributed by atoms with Gasteiger partial charge in [-0.15, -0.1) is 0 Å². The second-order valence-electron chi connectivity index (χ2n) is 8.84. The number of benzene rings is 1. The summed E-state index contributed by atoms with van der Waals surface area (Å²) < 4.78 is 29.7. The van der Waals surface area contributed by atoms with Crippen LogP contribution in [0.4, 0.5) is 8.78 Å². The lowest BCUT2D eigenvalue weighted by atomic mass is 9.93. The van der Waals surface area contributed by atoms with E-state index >= 15 is 0 Å². The van der Waals surface area contributed by atoms with E-state index in [-0.39, 0.29) is 17.7 Å². The van der Waals surface area contributed by atoms with Crippen molar-refractivity contribution >= 4 is 16.9 Å². The molecule has 1 N–H and O–H groups in total. The Labute approximate surface area is 185 Å². The van der Waals surface area contributed by atoms with Crippen LogP contribution in [0.2, 0.25) is 0 Å². The third-order valence-corrected chi connectivity index (χ3v) is 6.42. The Bertz CT molecular complexity index is 1130. The fourth-order valence-corrected chi connectivity index (χ4v) is 4.60. The Kier molecular flexibility index (Phi) is 5.87. The predicted molar refractivity (Wildman–Crippen MR) is 117 cm³/mol. The minimum atomic E-state index is -0.805. The van der Waals surface area contributed by atoms with Gasteiger partial charge in [-0.25, -0.2) is 18.4 Å². The van der Waals surface area contributed by atoms with E-state index in [1.54, 1.807) is 18.3 Å². The Hall–Kier alpha value is -2.87. The van der Waals surface area contributed by atoms with Crippen LogP contribution in [0, 0.1) is 17.6 Å². The molecule has 2 aromatic heterocycles. The molecule has 1 aromatic carbocycles. The van der Waals surface area contributed by atoms with Crippen LogP contribution < -0.4 is 5.32 Å². The van der Waals surface area contributed by atoms with Crippen molar-refractivity contribution in [1.82, 2.24) is 25.0 Å². The summed E-state index contributed by atoms with van der Waals surface area (Å²) in [6.45, 7) is 3.05. The molecule has 1 saturated carbocycles. The van der Waals surface area contributed by atoms with Gasteiger partial charge in [0, 0.05) is 48.6 Å². The molecular formula is C24H27F2N5O. The summed E-state index contributed by atoms with van der Waals surface area (Å²) in [5.41, 5.74) is 2.19. The molecule has 0 spiro atoms. The van der Waals surface area contributed by atoms with Gasteiger partial charge in [0.15, 0.2) is 17.3 Å². The number of pyridine rings is 1. The molecule has 1 amide bonds. The quantitative estimate of drug-likeness (QED) is 0.611.